The van der Waals surface area contributed by atoms with Gasteiger partial charge in [-0.3, -0.25) is 0 Å². The van der Waals surface area contributed by atoms with Crippen LogP contribution in [-0.4, -0.2) is 12.3 Å². The zero-order valence-corrected chi connectivity index (χ0v) is 12.5. The van der Waals surface area contributed by atoms with Crippen molar-refractivity contribution >= 4 is 23.4 Å². The standard InChI is InChI=1S/C14H22ClNS/c1-4-7-17-14-6-5-13(15)8-12(14)10-16-9-11(2)3/h5-6,8,11,16H,4,7,9-10H2,1-3H3. The van der Waals surface area contributed by atoms with Crippen LogP contribution in [0.25, 0.3) is 0 Å². The van der Waals surface area contributed by atoms with Gasteiger partial charge in [0.15, 0.2) is 0 Å². The van der Waals surface area contributed by atoms with Crippen molar-refractivity contribution in [3.63, 3.8) is 0 Å². The SMILES string of the molecule is CCCSc1ccc(Cl)cc1CNCC(C)C. The van der Waals surface area contributed by atoms with Crippen LogP contribution in [-0.2, 0) is 6.54 Å². The monoisotopic (exact) mass is 271 g/mol. The number of halogens is 1. The van der Waals surface area contributed by atoms with Crippen LogP contribution in [0.1, 0.15) is 32.8 Å². The topological polar surface area (TPSA) is 12.0 Å². The molecular weight excluding hydrogens is 250 g/mol. The van der Waals surface area contributed by atoms with E-state index in [1.54, 1.807) is 0 Å². The summed E-state index contributed by atoms with van der Waals surface area (Å²) in [7, 11) is 0. The van der Waals surface area contributed by atoms with Crippen LogP contribution < -0.4 is 5.32 Å². The largest absolute Gasteiger partial charge is 0.312 e. The van der Waals surface area contributed by atoms with E-state index in [4.69, 9.17) is 11.6 Å². The van der Waals surface area contributed by atoms with Gasteiger partial charge in [0, 0.05) is 16.5 Å². The van der Waals surface area contributed by atoms with E-state index in [0.29, 0.717) is 5.92 Å². The molecule has 0 unspecified atom stereocenters. The third-order valence-electron chi connectivity index (χ3n) is 2.35. The molecule has 0 fully saturated rings. The molecule has 0 bridgehead atoms. The van der Waals surface area contributed by atoms with E-state index in [9.17, 15) is 0 Å². The van der Waals surface area contributed by atoms with Gasteiger partial charge in [-0.2, -0.15) is 0 Å². The lowest BCUT2D eigenvalue weighted by atomic mass is 10.2. The summed E-state index contributed by atoms with van der Waals surface area (Å²) in [5, 5.41) is 4.30. The third-order valence-corrected chi connectivity index (χ3v) is 3.91. The Hall–Kier alpha value is -0.180. The van der Waals surface area contributed by atoms with Crippen molar-refractivity contribution in [2.45, 2.75) is 38.6 Å². The average molecular weight is 272 g/mol. The Morgan fingerprint density at radius 1 is 1.35 bits per heavy atom. The molecule has 0 aliphatic carbocycles. The summed E-state index contributed by atoms with van der Waals surface area (Å²) < 4.78 is 0. The van der Waals surface area contributed by atoms with Crippen LogP contribution in [0.3, 0.4) is 0 Å². The molecule has 0 saturated carbocycles. The Morgan fingerprint density at radius 2 is 2.12 bits per heavy atom. The molecule has 0 spiro atoms. The molecule has 0 amide bonds. The first-order valence-corrected chi connectivity index (χ1v) is 7.61. The number of hydrogen-bond donors (Lipinski definition) is 1. The number of nitrogens with one attached hydrogen (secondary N) is 1. The predicted molar refractivity (Wildman–Crippen MR) is 79.0 cm³/mol. The van der Waals surface area contributed by atoms with Crippen LogP contribution in [0, 0.1) is 5.92 Å². The molecule has 96 valence electrons. The van der Waals surface area contributed by atoms with E-state index in [-0.39, 0.29) is 0 Å². The van der Waals surface area contributed by atoms with Crippen LogP contribution in [0.2, 0.25) is 5.02 Å². The zero-order valence-electron chi connectivity index (χ0n) is 10.9. The highest BCUT2D eigenvalue weighted by Gasteiger charge is 2.04. The molecule has 0 aliphatic heterocycles. The predicted octanol–water partition coefficient (Wildman–Crippen LogP) is 4.59. The van der Waals surface area contributed by atoms with Crippen LogP contribution in [0.4, 0.5) is 0 Å². The van der Waals surface area contributed by atoms with Gasteiger partial charge in [0.25, 0.3) is 0 Å². The summed E-state index contributed by atoms with van der Waals surface area (Å²) in [6.07, 6.45) is 1.20. The molecule has 1 aromatic rings. The van der Waals surface area contributed by atoms with Gasteiger partial charge < -0.3 is 5.32 Å². The normalized spacial score (nSPS) is 11.1. The molecule has 17 heavy (non-hydrogen) atoms. The molecule has 0 aromatic heterocycles. The minimum atomic E-state index is 0.681. The number of benzene rings is 1. The van der Waals surface area contributed by atoms with Crippen molar-refractivity contribution in [1.82, 2.24) is 5.32 Å². The molecular formula is C14H22ClNS. The van der Waals surface area contributed by atoms with Crippen molar-refractivity contribution in [1.29, 1.82) is 0 Å². The molecule has 1 rings (SSSR count). The first kappa shape index (κ1) is 14.9. The average Bonchev–Trinajstić information content (AvgIpc) is 2.27. The second-order valence-corrected chi connectivity index (χ2v) is 6.20. The van der Waals surface area contributed by atoms with Crippen molar-refractivity contribution in [2.75, 3.05) is 12.3 Å². The van der Waals surface area contributed by atoms with Gasteiger partial charge in [0.1, 0.15) is 0 Å². The van der Waals surface area contributed by atoms with E-state index >= 15 is 0 Å². The molecule has 0 heterocycles. The molecule has 0 atom stereocenters. The number of hydrogen-bond acceptors (Lipinski definition) is 2. The fraction of sp³-hybridized carbons (Fsp3) is 0.571. The van der Waals surface area contributed by atoms with Gasteiger partial charge in [-0.1, -0.05) is 32.4 Å². The van der Waals surface area contributed by atoms with Crippen molar-refractivity contribution in [3.8, 4) is 0 Å². The van der Waals surface area contributed by atoms with E-state index < -0.39 is 0 Å². The van der Waals surface area contributed by atoms with Crippen LogP contribution in [0.5, 0.6) is 0 Å². The van der Waals surface area contributed by atoms with E-state index in [1.165, 1.54) is 22.6 Å². The maximum Gasteiger partial charge on any atom is 0.0410 e. The molecule has 1 aromatic carbocycles. The first-order chi connectivity index (χ1) is 8.13. The Balaban J connectivity index is 2.62. The van der Waals surface area contributed by atoms with Gasteiger partial charge in [-0.15, -0.1) is 11.8 Å². The van der Waals surface area contributed by atoms with Crippen LogP contribution in [0.15, 0.2) is 23.1 Å². The summed E-state index contributed by atoms with van der Waals surface area (Å²) in [6, 6.07) is 6.19. The number of rotatable bonds is 7. The van der Waals surface area contributed by atoms with Crippen molar-refractivity contribution in [2.24, 2.45) is 5.92 Å². The highest BCUT2D eigenvalue weighted by molar-refractivity contribution is 7.99. The lowest BCUT2D eigenvalue weighted by Crippen LogP contribution is -2.19. The molecule has 0 saturated heterocycles. The Kier molecular flexibility index (Phi) is 7.02. The molecule has 3 heteroatoms. The Bertz CT molecular complexity index is 339. The molecule has 1 N–H and O–H groups in total. The minimum absolute atomic E-state index is 0.681. The fourth-order valence-corrected chi connectivity index (χ4v) is 2.63. The highest BCUT2D eigenvalue weighted by atomic mass is 35.5. The summed E-state index contributed by atoms with van der Waals surface area (Å²) in [5.41, 5.74) is 1.32. The van der Waals surface area contributed by atoms with E-state index in [1.807, 2.05) is 17.8 Å². The maximum absolute atomic E-state index is 6.06. The maximum atomic E-state index is 6.06. The van der Waals surface area contributed by atoms with Gasteiger partial charge in [0.05, 0.1) is 0 Å². The van der Waals surface area contributed by atoms with Gasteiger partial charge >= 0.3 is 0 Å². The summed E-state index contributed by atoms with van der Waals surface area (Å²) in [6.45, 7) is 8.60. The molecule has 0 aliphatic rings. The van der Waals surface area contributed by atoms with Gasteiger partial charge in [0.2, 0.25) is 0 Å². The fourth-order valence-electron chi connectivity index (χ4n) is 1.53. The van der Waals surface area contributed by atoms with E-state index in [0.717, 1.165) is 18.1 Å². The number of thioether (sulfide) groups is 1. The van der Waals surface area contributed by atoms with Crippen LogP contribution >= 0.6 is 23.4 Å². The van der Waals surface area contributed by atoms with Gasteiger partial charge in [-0.05, 0) is 48.4 Å². The summed E-state index contributed by atoms with van der Waals surface area (Å²) in [5.74, 6) is 1.85. The summed E-state index contributed by atoms with van der Waals surface area (Å²) >= 11 is 7.97. The lowest BCUT2D eigenvalue weighted by molar-refractivity contribution is 0.550. The first-order valence-electron chi connectivity index (χ1n) is 6.25. The van der Waals surface area contributed by atoms with Crippen molar-refractivity contribution in [3.05, 3.63) is 28.8 Å². The van der Waals surface area contributed by atoms with Crippen molar-refractivity contribution < 1.29 is 0 Å². The second kappa shape index (κ2) is 8.02. The minimum Gasteiger partial charge on any atom is -0.312 e. The van der Waals surface area contributed by atoms with E-state index in [2.05, 4.69) is 38.2 Å². The van der Waals surface area contributed by atoms with Gasteiger partial charge in [-0.25, -0.2) is 0 Å². The Labute approximate surface area is 114 Å². The Morgan fingerprint density at radius 3 is 2.76 bits per heavy atom. The second-order valence-electron chi connectivity index (χ2n) is 4.63. The lowest BCUT2D eigenvalue weighted by Gasteiger charge is -2.12. The molecule has 0 radical (unpaired) electrons. The molecule has 1 nitrogen and oxygen atoms in total. The smallest absolute Gasteiger partial charge is 0.0410 e. The summed E-state index contributed by atoms with van der Waals surface area (Å²) in [4.78, 5) is 1.35. The highest BCUT2D eigenvalue weighted by Crippen LogP contribution is 2.26. The third kappa shape index (κ3) is 5.80. The zero-order chi connectivity index (χ0) is 12.7. The quantitative estimate of drug-likeness (QED) is 0.728.